The van der Waals surface area contributed by atoms with Crippen LogP contribution in [0.1, 0.15) is 17.1 Å². The molecule has 27 heavy (non-hydrogen) atoms. The van der Waals surface area contributed by atoms with E-state index < -0.39 is 17.8 Å². The molecule has 7 nitrogen and oxygen atoms in total. The summed E-state index contributed by atoms with van der Waals surface area (Å²) in [6, 6.07) is 5.49. The molecule has 3 aromatic rings. The average molecular weight is 400 g/mol. The number of hydrogen-bond acceptors (Lipinski definition) is 5. The standard InChI is InChI=1S/C16H13ClF3N5O2/c1-8-5-11(16(18,19)20)24-25(8)13-6-12(21-14(26)7-17)22-15(23-13)10-4-3-9(2)27-10/h3-6H,7H2,1-2H3,(H,21,22,23,26). The lowest BCUT2D eigenvalue weighted by Gasteiger charge is -2.09. The van der Waals surface area contributed by atoms with E-state index >= 15 is 0 Å². The van der Waals surface area contributed by atoms with Gasteiger partial charge in [0, 0.05) is 11.8 Å². The van der Waals surface area contributed by atoms with Crippen molar-refractivity contribution in [3.63, 3.8) is 0 Å². The van der Waals surface area contributed by atoms with Crippen LogP contribution >= 0.6 is 11.6 Å². The van der Waals surface area contributed by atoms with Gasteiger partial charge in [0.05, 0.1) is 0 Å². The molecule has 3 rings (SSSR count). The molecular formula is C16H13ClF3N5O2. The summed E-state index contributed by atoms with van der Waals surface area (Å²) in [5.74, 6) is 0.208. The summed E-state index contributed by atoms with van der Waals surface area (Å²) < 4.78 is 45.3. The molecule has 11 heteroatoms. The SMILES string of the molecule is Cc1ccc(-c2nc(NC(=O)CCl)cc(-n3nc(C(F)(F)F)cc3C)n2)o1. The van der Waals surface area contributed by atoms with E-state index in [4.69, 9.17) is 16.0 Å². The van der Waals surface area contributed by atoms with E-state index in [2.05, 4.69) is 20.4 Å². The van der Waals surface area contributed by atoms with Gasteiger partial charge < -0.3 is 9.73 Å². The summed E-state index contributed by atoms with van der Waals surface area (Å²) in [7, 11) is 0. The molecule has 0 spiro atoms. The number of halogens is 4. The molecule has 0 aliphatic rings. The van der Waals surface area contributed by atoms with Crippen LogP contribution in [0.25, 0.3) is 17.4 Å². The molecule has 0 bridgehead atoms. The Morgan fingerprint density at radius 1 is 1.26 bits per heavy atom. The molecule has 0 aromatic carbocycles. The number of carbonyl (C=O) groups is 1. The van der Waals surface area contributed by atoms with Crippen LogP contribution in [-0.2, 0) is 11.0 Å². The number of nitrogens with one attached hydrogen (secondary N) is 1. The fraction of sp³-hybridized carbons (Fsp3) is 0.250. The maximum Gasteiger partial charge on any atom is 0.435 e. The number of aryl methyl sites for hydroxylation is 2. The number of hydrogen-bond donors (Lipinski definition) is 1. The number of nitrogens with zero attached hydrogens (tertiary/aromatic N) is 4. The monoisotopic (exact) mass is 399 g/mol. The van der Waals surface area contributed by atoms with Crippen molar-refractivity contribution in [2.24, 2.45) is 0 Å². The summed E-state index contributed by atoms with van der Waals surface area (Å²) in [6.07, 6.45) is -4.60. The Bertz CT molecular complexity index is 996. The number of amides is 1. The lowest BCUT2D eigenvalue weighted by atomic mass is 10.3. The second kappa shape index (κ2) is 7.03. The van der Waals surface area contributed by atoms with Gasteiger partial charge in [-0.05, 0) is 32.0 Å². The van der Waals surface area contributed by atoms with Crippen LogP contribution < -0.4 is 5.32 Å². The Kier molecular flexibility index (Phi) is 4.92. The molecule has 0 saturated heterocycles. The van der Waals surface area contributed by atoms with E-state index in [1.165, 1.54) is 13.0 Å². The molecule has 3 aromatic heterocycles. The summed E-state index contributed by atoms with van der Waals surface area (Å²) in [6.45, 7) is 3.18. The Morgan fingerprint density at radius 3 is 2.56 bits per heavy atom. The molecule has 0 aliphatic heterocycles. The average Bonchev–Trinajstić information content (AvgIpc) is 3.20. The van der Waals surface area contributed by atoms with Crippen molar-refractivity contribution in [1.82, 2.24) is 19.7 Å². The van der Waals surface area contributed by atoms with Gasteiger partial charge in [-0.15, -0.1) is 11.6 Å². The topological polar surface area (TPSA) is 85.8 Å². The van der Waals surface area contributed by atoms with Crippen molar-refractivity contribution in [3.05, 3.63) is 41.4 Å². The van der Waals surface area contributed by atoms with Crippen molar-refractivity contribution < 1.29 is 22.4 Å². The van der Waals surface area contributed by atoms with Gasteiger partial charge in [0.2, 0.25) is 5.91 Å². The molecule has 1 amide bonds. The molecule has 1 N–H and O–H groups in total. The maximum atomic E-state index is 12.9. The quantitative estimate of drug-likeness (QED) is 0.675. The predicted octanol–water partition coefficient (Wildman–Crippen LogP) is 3.74. The Labute approximate surface area is 156 Å². The van der Waals surface area contributed by atoms with Gasteiger partial charge in [-0.25, -0.2) is 14.6 Å². The highest BCUT2D eigenvalue weighted by atomic mass is 35.5. The summed E-state index contributed by atoms with van der Waals surface area (Å²) in [4.78, 5) is 20.0. The van der Waals surface area contributed by atoms with Gasteiger partial charge in [0.25, 0.3) is 0 Å². The van der Waals surface area contributed by atoms with Crippen molar-refractivity contribution in [2.45, 2.75) is 20.0 Å². The first kappa shape index (κ1) is 18.9. The third-order valence-corrected chi connectivity index (χ3v) is 3.70. The van der Waals surface area contributed by atoms with Gasteiger partial charge in [-0.1, -0.05) is 0 Å². The summed E-state index contributed by atoms with van der Waals surface area (Å²) in [5, 5.41) is 6.01. The maximum absolute atomic E-state index is 12.9. The molecular weight excluding hydrogens is 387 g/mol. The zero-order chi connectivity index (χ0) is 19.8. The number of alkyl halides is 4. The van der Waals surface area contributed by atoms with Crippen LogP contribution in [0.2, 0.25) is 0 Å². The number of carbonyl (C=O) groups excluding carboxylic acids is 1. The number of rotatable bonds is 4. The highest BCUT2D eigenvalue weighted by molar-refractivity contribution is 6.29. The first-order valence-corrected chi connectivity index (χ1v) is 8.17. The van der Waals surface area contributed by atoms with Crippen LogP contribution in [0, 0.1) is 13.8 Å². The molecule has 0 aliphatic carbocycles. The van der Waals surface area contributed by atoms with E-state index in [1.54, 1.807) is 19.1 Å². The van der Waals surface area contributed by atoms with E-state index in [9.17, 15) is 18.0 Å². The summed E-state index contributed by atoms with van der Waals surface area (Å²) in [5.41, 5.74) is -0.849. The third-order valence-electron chi connectivity index (χ3n) is 3.46. The lowest BCUT2D eigenvalue weighted by Crippen LogP contribution is -2.15. The summed E-state index contributed by atoms with van der Waals surface area (Å²) >= 11 is 5.48. The second-order valence-electron chi connectivity index (χ2n) is 5.61. The van der Waals surface area contributed by atoms with Crippen LogP contribution in [0.4, 0.5) is 19.0 Å². The van der Waals surface area contributed by atoms with E-state index in [0.29, 0.717) is 5.76 Å². The van der Waals surface area contributed by atoms with Crippen molar-refractivity contribution >= 4 is 23.3 Å². The molecule has 0 saturated carbocycles. The van der Waals surface area contributed by atoms with E-state index in [0.717, 1.165) is 10.7 Å². The minimum Gasteiger partial charge on any atom is -0.458 e. The number of aromatic nitrogens is 4. The van der Waals surface area contributed by atoms with Gasteiger partial charge in [0.15, 0.2) is 23.1 Å². The highest BCUT2D eigenvalue weighted by Gasteiger charge is 2.34. The smallest absolute Gasteiger partial charge is 0.435 e. The Hall–Kier alpha value is -2.88. The zero-order valence-electron chi connectivity index (χ0n) is 14.1. The molecule has 3 heterocycles. The predicted molar refractivity (Wildman–Crippen MR) is 90.7 cm³/mol. The van der Waals surface area contributed by atoms with Crippen molar-refractivity contribution in [1.29, 1.82) is 0 Å². The van der Waals surface area contributed by atoms with Crippen LogP contribution in [0.5, 0.6) is 0 Å². The zero-order valence-corrected chi connectivity index (χ0v) is 14.9. The lowest BCUT2D eigenvalue weighted by molar-refractivity contribution is -0.141. The van der Waals surface area contributed by atoms with Gasteiger partial charge in [0.1, 0.15) is 17.5 Å². The molecule has 0 fully saturated rings. The first-order chi connectivity index (χ1) is 12.7. The van der Waals surface area contributed by atoms with Gasteiger partial charge >= 0.3 is 6.18 Å². The normalized spacial score (nSPS) is 11.6. The second-order valence-corrected chi connectivity index (χ2v) is 5.87. The van der Waals surface area contributed by atoms with Crippen LogP contribution in [-0.4, -0.2) is 31.5 Å². The first-order valence-electron chi connectivity index (χ1n) is 7.63. The van der Waals surface area contributed by atoms with Gasteiger partial charge in [-0.2, -0.15) is 18.3 Å². The van der Waals surface area contributed by atoms with E-state index in [-0.39, 0.29) is 34.8 Å². The fourth-order valence-corrected chi connectivity index (χ4v) is 2.36. The van der Waals surface area contributed by atoms with Crippen LogP contribution in [0.15, 0.2) is 28.7 Å². The highest BCUT2D eigenvalue weighted by Crippen LogP contribution is 2.30. The number of furan rings is 1. The third kappa shape index (κ3) is 4.11. The van der Waals surface area contributed by atoms with Gasteiger partial charge in [-0.3, -0.25) is 4.79 Å². The Balaban J connectivity index is 2.13. The van der Waals surface area contributed by atoms with E-state index in [1.807, 2.05) is 0 Å². The fourth-order valence-electron chi connectivity index (χ4n) is 2.29. The molecule has 0 radical (unpaired) electrons. The Morgan fingerprint density at radius 2 is 2.00 bits per heavy atom. The minimum absolute atomic E-state index is 0.0342. The largest absolute Gasteiger partial charge is 0.458 e. The molecule has 0 unspecified atom stereocenters. The molecule has 0 atom stereocenters. The minimum atomic E-state index is -4.60. The number of anilines is 1. The molecule has 142 valence electrons. The van der Waals surface area contributed by atoms with Crippen LogP contribution in [0.3, 0.4) is 0 Å². The van der Waals surface area contributed by atoms with Crippen molar-refractivity contribution in [2.75, 3.05) is 11.2 Å². The van der Waals surface area contributed by atoms with Crippen molar-refractivity contribution in [3.8, 4) is 17.4 Å².